The van der Waals surface area contributed by atoms with Gasteiger partial charge in [-0.25, -0.2) is 9.67 Å². The maximum atomic E-state index is 12.3. The summed E-state index contributed by atoms with van der Waals surface area (Å²) < 4.78 is 1.43. The molecule has 2 aromatic heterocycles. The summed E-state index contributed by atoms with van der Waals surface area (Å²) in [5, 5.41) is 7.23. The average molecular weight is 349 g/mol. The van der Waals surface area contributed by atoms with Crippen LogP contribution in [0.3, 0.4) is 0 Å². The molecule has 0 saturated heterocycles. The number of carbonyl (C=O) groups is 1. The molecule has 0 aliphatic heterocycles. The molecular formula is C19H19N5O2. The van der Waals surface area contributed by atoms with E-state index in [1.54, 1.807) is 6.07 Å². The zero-order valence-corrected chi connectivity index (χ0v) is 14.3. The summed E-state index contributed by atoms with van der Waals surface area (Å²) >= 11 is 0. The van der Waals surface area contributed by atoms with Crippen molar-refractivity contribution in [1.29, 1.82) is 0 Å². The minimum absolute atomic E-state index is 0.120. The Morgan fingerprint density at radius 2 is 1.96 bits per heavy atom. The Morgan fingerprint density at radius 3 is 2.85 bits per heavy atom. The molecule has 7 nitrogen and oxygen atoms in total. The predicted octanol–water partition coefficient (Wildman–Crippen LogP) is 1.50. The molecule has 0 saturated carbocycles. The molecule has 0 unspecified atom stereocenters. The SMILES string of the molecule is O=C(NCCn1nc2c(cc1=O)CCCC2)c1cnc2ccccc2n1. The Bertz CT molecular complexity index is 1030. The molecule has 0 fully saturated rings. The van der Waals surface area contributed by atoms with Crippen molar-refractivity contribution in [2.45, 2.75) is 32.2 Å². The smallest absolute Gasteiger partial charge is 0.271 e. The third-order valence-electron chi connectivity index (χ3n) is 4.56. The fraction of sp³-hybridized carbons (Fsp3) is 0.316. The zero-order valence-electron chi connectivity index (χ0n) is 14.3. The normalized spacial score (nSPS) is 13.4. The number of hydrogen-bond donors (Lipinski definition) is 1. The van der Waals surface area contributed by atoms with Gasteiger partial charge in [0.25, 0.3) is 11.5 Å². The van der Waals surface area contributed by atoms with Crippen LogP contribution in [0, 0.1) is 0 Å². The largest absolute Gasteiger partial charge is 0.349 e. The van der Waals surface area contributed by atoms with Gasteiger partial charge in [0.2, 0.25) is 0 Å². The van der Waals surface area contributed by atoms with Crippen molar-refractivity contribution in [3.8, 4) is 0 Å². The number of para-hydroxylation sites is 2. The molecule has 1 aliphatic carbocycles. The third kappa shape index (κ3) is 3.33. The summed E-state index contributed by atoms with van der Waals surface area (Å²) in [4.78, 5) is 33.0. The van der Waals surface area contributed by atoms with Gasteiger partial charge in [0.05, 0.1) is 29.5 Å². The molecule has 0 radical (unpaired) electrons. The second kappa shape index (κ2) is 7.03. The van der Waals surface area contributed by atoms with E-state index in [-0.39, 0.29) is 17.2 Å². The van der Waals surface area contributed by atoms with Crippen molar-refractivity contribution in [2.75, 3.05) is 6.54 Å². The van der Waals surface area contributed by atoms with Gasteiger partial charge in [0.1, 0.15) is 5.69 Å². The number of nitrogens with one attached hydrogen (secondary N) is 1. The van der Waals surface area contributed by atoms with Crippen LogP contribution < -0.4 is 10.9 Å². The monoisotopic (exact) mass is 349 g/mol. The fourth-order valence-electron chi connectivity index (χ4n) is 3.19. The molecule has 3 aromatic rings. The van der Waals surface area contributed by atoms with Crippen molar-refractivity contribution >= 4 is 16.9 Å². The van der Waals surface area contributed by atoms with Crippen molar-refractivity contribution < 1.29 is 4.79 Å². The first-order valence-corrected chi connectivity index (χ1v) is 8.80. The van der Waals surface area contributed by atoms with E-state index in [9.17, 15) is 9.59 Å². The minimum atomic E-state index is -0.311. The lowest BCUT2D eigenvalue weighted by Gasteiger charge is -2.16. The van der Waals surface area contributed by atoms with E-state index >= 15 is 0 Å². The number of amides is 1. The van der Waals surface area contributed by atoms with Gasteiger partial charge in [-0.15, -0.1) is 0 Å². The van der Waals surface area contributed by atoms with E-state index in [1.165, 1.54) is 10.9 Å². The summed E-state index contributed by atoms with van der Waals surface area (Å²) in [6.45, 7) is 0.637. The molecule has 132 valence electrons. The number of hydrogen-bond acceptors (Lipinski definition) is 5. The lowest BCUT2D eigenvalue weighted by atomic mass is 9.97. The fourth-order valence-corrected chi connectivity index (χ4v) is 3.19. The maximum absolute atomic E-state index is 12.3. The molecule has 7 heteroatoms. The van der Waals surface area contributed by atoms with E-state index in [0.29, 0.717) is 18.6 Å². The number of nitrogens with zero attached hydrogens (tertiary/aromatic N) is 4. The van der Waals surface area contributed by atoms with Gasteiger partial charge < -0.3 is 5.32 Å². The van der Waals surface area contributed by atoms with Crippen LogP contribution >= 0.6 is 0 Å². The summed E-state index contributed by atoms with van der Waals surface area (Å²) in [7, 11) is 0. The lowest BCUT2D eigenvalue weighted by Crippen LogP contribution is -2.33. The molecule has 26 heavy (non-hydrogen) atoms. The van der Waals surface area contributed by atoms with Crippen molar-refractivity contribution in [3.63, 3.8) is 0 Å². The molecule has 1 aromatic carbocycles. The van der Waals surface area contributed by atoms with E-state index in [2.05, 4.69) is 20.4 Å². The van der Waals surface area contributed by atoms with Gasteiger partial charge in [-0.1, -0.05) is 12.1 Å². The summed E-state index contributed by atoms with van der Waals surface area (Å²) in [5.41, 5.74) is 3.62. The van der Waals surface area contributed by atoms with Gasteiger partial charge in [-0.3, -0.25) is 14.6 Å². The average Bonchev–Trinajstić information content (AvgIpc) is 2.68. The molecule has 0 bridgehead atoms. The summed E-state index contributed by atoms with van der Waals surface area (Å²) in [6.07, 6.45) is 5.52. The highest BCUT2D eigenvalue weighted by atomic mass is 16.2. The third-order valence-corrected chi connectivity index (χ3v) is 4.56. The van der Waals surface area contributed by atoms with Crippen molar-refractivity contribution in [3.05, 3.63) is 63.8 Å². The topological polar surface area (TPSA) is 89.8 Å². The molecule has 1 amide bonds. The quantitative estimate of drug-likeness (QED) is 0.771. The number of benzene rings is 1. The first-order valence-electron chi connectivity index (χ1n) is 8.80. The molecule has 2 heterocycles. The van der Waals surface area contributed by atoms with Crippen molar-refractivity contribution in [2.24, 2.45) is 0 Å². The van der Waals surface area contributed by atoms with E-state index < -0.39 is 0 Å². The van der Waals surface area contributed by atoms with Gasteiger partial charge in [-0.2, -0.15) is 5.10 Å². The Morgan fingerprint density at radius 1 is 1.15 bits per heavy atom. The van der Waals surface area contributed by atoms with E-state index in [4.69, 9.17) is 0 Å². The molecule has 4 rings (SSSR count). The van der Waals surface area contributed by atoms with Crippen LogP contribution in [0.1, 0.15) is 34.6 Å². The second-order valence-electron chi connectivity index (χ2n) is 6.38. The van der Waals surface area contributed by atoms with Crippen LogP contribution in [0.15, 0.2) is 41.3 Å². The molecule has 0 spiro atoms. The van der Waals surface area contributed by atoms with Crippen molar-refractivity contribution in [1.82, 2.24) is 25.1 Å². The van der Waals surface area contributed by atoms with Crippen LogP contribution in [0.5, 0.6) is 0 Å². The highest BCUT2D eigenvalue weighted by molar-refractivity contribution is 5.93. The minimum Gasteiger partial charge on any atom is -0.349 e. The van der Waals surface area contributed by atoms with E-state index in [0.717, 1.165) is 42.5 Å². The number of fused-ring (bicyclic) bond motifs is 2. The Kier molecular flexibility index (Phi) is 4.43. The summed E-state index contributed by atoms with van der Waals surface area (Å²) in [6, 6.07) is 9.07. The first-order chi connectivity index (χ1) is 12.7. The maximum Gasteiger partial charge on any atom is 0.271 e. The Labute approximate surface area is 150 Å². The highest BCUT2D eigenvalue weighted by Gasteiger charge is 2.13. The first kappa shape index (κ1) is 16.4. The van der Waals surface area contributed by atoms with Crippen LogP contribution in [-0.2, 0) is 19.4 Å². The second-order valence-corrected chi connectivity index (χ2v) is 6.38. The van der Waals surface area contributed by atoms with Gasteiger partial charge >= 0.3 is 0 Å². The number of aromatic nitrogens is 4. The number of carbonyl (C=O) groups excluding carboxylic acids is 1. The van der Waals surface area contributed by atoms with Gasteiger partial charge in [0, 0.05) is 12.6 Å². The summed E-state index contributed by atoms with van der Waals surface area (Å²) in [5.74, 6) is -0.311. The zero-order chi connectivity index (χ0) is 17.9. The number of aryl methyl sites for hydroxylation is 2. The molecule has 0 atom stereocenters. The van der Waals surface area contributed by atoms with Crippen LogP contribution in [0.2, 0.25) is 0 Å². The Hall–Kier alpha value is -3.09. The highest BCUT2D eigenvalue weighted by Crippen LogP contribution is 2.16. The van der Waals surface area contributed by atoms with E-state index in [1.807, 2.05) is 24.3 Å². The molecule has 1 aliphatic rings. The van der Waals surface area contributed by atoms with Crippen LogP contribution in [0.4, 0.5) is 0 Å². The lowest BCUT2D eigenvalue weighted by molar-refractivity contribution is 0.0946. The van der Waals surface area contributed by atoms with Crippen LogP contribution in [-0.4, -0.2) is 32.2 Å². The standard InChI is InChI=1S/C19H19N5O2/c25-18-11-13-5-1-2-6-14(13)23-24(18)10-9-20-19(26)17-12-21-15-7-3-4-8-16(15)22-17/h3-4,7-8,11-12H,1-2,5-6,9-10H2,(H,20,26). The Balaban J connectivity index is 1.42. The predicted molar refractivity (Wildman–Crippen MR) is 97.0 cm³/mol. The van der Waals surface area contributed by atoms with Gasteiger partial charge in [0.15, 0.2) is 0 Å². The van der Waals surface area contributed by atoms with Crippen LogP contribution in [0.25, 0.3) is 11.0 Å². The van der Waals surface area contributed by atoms with Gasteiger partial charge in [-0.05, 0) is 43.4 Å². The molecular weight excluding hydrogens is 330 g/mol. The molecule has 1 N–H and O–H groups in total. The number of rotatable bonds is 4.